The highest BCUT2D eigenvalue weighted by molar-refractivity contribution is 6.00. The van der Waals surface area contributed by atoms with Gasteiger partial charge in [0.2, 0.25) is 0 Å². The molecule has 1 unspecified atom stereocenters. The fourth-order valence-electron chi connectivity index (χ4n) is 2.65. The molecule has 5 nitrogen and oxygen atoms in total. The van der Waals surface area contributed by atoms with E-state index in [1.54, 1.807) is 41.7 Å². The van der Waals surface area contributed by atoms with E-state index < -0.39 is 12.0 Å². The Morgan fingerprint density at radius 2 is 1.88 bits per heavy atom. The number of Topliss-reactive ketones (excluding diaryl/α,β-unsaturated/α-hetero) is 1. The second kappa shape index (κ2) is 6.92. The molecule has 0 aliphatic carbocycles. The maximum Gasteiger partial charge on any atom is 0.454 e. The highest BCUT2D eigenvalue weighted by Crippen LogP contribution is 2.31. The van der Waals surface area contributed by atoms with E-state index in [4.69, 9.17) is 0 Å². The zero-order valence-electron chi connectivity index (χ0n) is 13.1. The molecule has 2 aromatic heterocycles. The molecule has 3 heterocycles. The van der Waals surface area contributed by atoms with Crippen LogP contribution in [0.5, 0.6) is 0 Å². The molecule has 0 radical (unpaired) electrons. The highest BCUT2D eigenvalue weighted by atomic mass is 19.4. The molecule has 8 heteroatoms. The first kappa shape index (κ1) is 16.9. The lowest BCUT2D eigenvalue weighted by molar-refractivity contribution is -0.166. The quantitative estimate of drug-likeness (QED) is 0.916. The van der Waals surface area contributed by atoms with Crippen molar-refractivity contribution < 1.29 is 18.0 Å². The fourth-order valence-corrected chi connectivity index (χ4v) is 2.65. The standard InChI is InChI=1S/C17H15F3N4O/c18-17(19,20)16(25)12-5-6-15(23-13-3-1-7-21-9-13)24(11-12)14-4-2-8-22-10-14/h1-4,7-11,15,23H,5-6H2. The molecule has 1 N–H and O–H groups in total. The maximum atomic E-state index is 12.8. The Labute approximate surface area is 142 Å². The van der Waals surface area contributed by atoms with Gasteiger partial charge in [0.25, 0.3) is 5.78 Å². The van der Waals surface area contributed by atoms with Crippen LogP contribution in [0.25, 0.3) is 0 Å². The summed E-state index contributed by atoms with van der Waals surface area (Å²) < 4.78 is 38.3. The van der Waals surface area contributed by atoms with Gasteiger partial charge in [-0.25, -0.2) is 0 Å². The normalized spacial score (nSPS) is 17.8. The smallest absolute Gasteiger partial charge is 0.364 e. The van der Waals surface area contributed by atoms with Crippen molar-refractivity contribution in [1.82, 2.24) is 9.97 Å². The van der Waals surface area contributed by atoms with Gasteiger partial charge in [-0.1, -0.05) is 0 Å². The van der Waals surface area contributed by atoms with Gasteiger partial charge in [0.15, 0.2) is 0 Å². The number of halogens is 3. The van der Waals surface area contributed by atoms with Crippen molar-refractivity contribution in [3.63, 3.8) is 0 Å². The lowest BCUT2D eigenvalue weighted by atomic mass is 10.00. The van der Waals surface area contributed by atoms with Crippen molar-refractivity contribution in [3.8, 4) is 0 Å². The molecule has 3 rings (SSSR count). The van der Waals surface area contributed by atoms with Crippen LogP contribution in [0, 0.1) is 0 Å². The number of rotatable bonds is 4. The SMILES string of the molecule is O=C(C1=CN(c2cccnc2)C(Nc2cccnc2)CC1)C(F)(F)F. The van der Waals surface area contributed by atoms with Crippen LogP contribution in [0.1, 0.15) is 12.8 Å². The van der Waals surface area contributed by atoms with Crippen molar-refractivity contribution in [2.24, 2.45) is 0 Å². The second-order valence-corrected chi connectivity index (χ2v) is 5.54. The van der Waals surface area contributed by atoms with Crippen molar-refractivity contribution >= 4 is 17.2 Å². The number of carbonyl (C=O) groups excluding carboxylic acids is 1. The number of allylic oxidation sites excluding steroid dienone is 1. The highest BCUT2D eigenvalue weighted by Gasteiger charge is 2.42. The molecule has 0 saturated heterocycles. The third kappa shape index (κ3) is 3.96. The molecule has 0 spiro atoms. The van der Waals surface area contributed by atoms with Crippen LogP contribution in [-0.2, 0) is 4.79 Å². The third-order valence-corrected chi connectivity index (χ3v) is 3.81. The Hall–Kier alpha value is -2.90. The number of aromatic nitrogens is 2. The van der Waals surface area contributed by atoms with Gasteiger partial charge in [-0.2, -0.15) is 13.2 Å². The zero-order valence-corrected chi connectivity index (χ0v) is 13.1. The maximum absolute atomic E-state index is 12.8. The van der Waals surface area contributed by atoms with E-state index in [1.807, 2.05) is 6.07 Å². The minimum Gasteiger partial charge on any atom is -0.364 e. The predicted octanol–water partition coefficient (Wildman–Crippen LogP) is 3.53. The Kier molecular flexibility index (Phi) is 4.69. The monoisotopic (exact) mass is 348 g/mol. The van der Waals surface area contributed by atoms with Crippen LogP contribution >= 0.6 is 0 Å². The molecule has 1 aliphatic heterocycles. The predicted molar refractivity (Wildman–Crippen MR) is 86.7 cm³/mol. The van der Waals surface area contributed by atoms with Crippen LogP contribution in [0.2, 0.25) is 0 Å². The average Bonchev–Trinajstić information content (AvgIpc) is 2.62. The first-order valence-electron chi connectivity index (χ1n) is 7.62. The molecular formula is C17H15F3N4O. The van der Waals surface area contributed by atoms with Gasteiger partial charge in [-0.3, -0.25) is 14.8 Å². The molecule has 0 saturated carbocycles. The number of hydrogen-bond donors (Lipinski definition) is 1. The van der Waals surface area contributed by atoms with Gasteiger partial charge in [0.05, 0.1) is 17.6 Å². The van der Waals surface area contributed by atoms with Gasteiger partial charge < -0.3 is 10.2 Å². The Morgan fingerprint density at radius 3 is 2.48 bits per heavy atom. The van der Waals surface area contributed by atoms with E-state index in [0.717, 1.165) is 5.69 Å². The van der Waals surface area contributed by atoms with E-state index >= 15 is 0 Å². The number of pyridine rings is 2. The molecule has 0 fully saturated rings. The second-order valence-electron chi connectivity index (χ2n) is 5.54. The number of hydrogen-bond acceptors (Lipinski definition) is 5. The van der Waals surface area contributed by atoms with Gasteiger partial charge in [-0.05, 0) is 37.1 Å². The molecule has 25 heavy (non-hydrogen) atoms. The Bertz CT molecular complexity index is 762. The van der Waals surface area contributed by atoms with Crippen molar-refractivity contribution in [3.05, 3.63) is 60.8 Å². The first-order valence-corrected chi connectivity index (χ1v) is 7.62. The zero-order chi connectivity index (χ0) is 17.9. The summed E-state index contributed by atoms with van der Waals surface area (Å²) in [6.45, 7) is 0. The summed E-state index contributed by atoms with van der Waals surface area (Å²) in [6, 6.07) is 6.98. The Balaban J connectivity index is 1.92. The molecular weight excluding hydrogens is 333 g/mol. The largest absolute Gasteiger partial charge is 0.454 e. The van der Waals surface area contributed by atoms with Crippen LogP contribution in [-0.4, -0.2) is 28.1 Å². The minimum atomic E-state index is -4.88. The fraction of sp³-hybridized carbons (Fsp3) is 0.235. The summed E-state index contributed by atoms with van der Waals surface area (Å²) in [5, 5.41) is 3.23. The number of nitrogens with one attached hydrogen (secondary N) is 1. The Morgan fingerprint density at radius 1 is 1.16 bits per heavy atom. The number of carbonyl (C=O) groups is 1. The summed E-state index contributed by atoms with van der Waals surface area (Å²) >= 11 is 0. The topological polar surface area (TPSA) is 58.1 Å². The summed E-state index contributed by atoms with van der Waals surface area (Å²) in [5.41, 5.74) is 1.07. The lowest BCUT2D eigenvalue weighted by Gasteiger charge is -2.36. The number of alkyl halides is 3. The van der Waals surface area contributed by atoms with E-state index in [1.165, 1.54) is 12.4 Å². The van der Waals surface area contributed by atoms with Gasteiger partial charge in [-0.15, -0.1) is 0 Å². The van der Waals surface area contributed by atoms with E-state index in [0.29, 0.717) is 12.1 Å². The van der Waals surface area contributed by atoms with Crippen LogP contribution in [0.15, 0.2) is 60.8 Å². The summed E-state index contributed by atoms with van der Waals surface area (Å²) in [5.74, 6) is -1.80. The number of anilines is 2. The molecule has 2 aromatic rings. The number of nitrogens with zero attached hydrogens (tertiary/aromatic N) is 3. The van der Waals surface area contributed by atoms with Crippen molar-refractivity contribution in [2.75, 3.05) is 10.2 Å². The molecule has 0 aromatic carbocycles. The third-order valence-electron chi connectivity index (χ3n) is 3.81. The number of ketones is 1. The van der Waals surface area contributed by atoms with Gasteiger partial charge in [0.1, 0.15) is 6.17 Å². The summed E-state index contributed by atoms with van der Waals surface area (Å²) in [7, 11) is 0. The van der Waals surface area contributed by atoms with E-state index in [9.17, 15) is 18.0 Å². The summed E-state index contributed by atoms with van der Waals surface area (Å²) in [6.07, 6.45) is 2.79. The van der Waals surface area contributed by atoms with Gasteiger partial charge >= 0.3 is 6.18 Å². The van der Waals surface area contributed by atoms with Crippen LogP contribution in [0.3, 0.4) is 0 Å². The molecule has 1 atom stereocenters. The van der Waals surface area contributed by atoms with Crippen molar-refractivity contribution in [2.45, 2.75) is 25.2 Å². The first-order chi connectivity index (χ1) is 11.9. The van der Waals surface area contributed by atoms with E-state index in [-0.39, 0.29) is 18.2 Å². The lowest BCUT2D eigenvalue weighted by Crippen LogP contribution is -2.42. The average molecular weight is 348 g/mol. The molecule has 1 aliphatic rings. The van der Waals surface area contributed by atoms with Gasteiger partial charge in [0, 0.05) is 30.4 Å². The molecule has 0 bridgehead atoms. The van der Waals surface area contributed by atoms with E-state index in [2.05, 4.69) is 15.3 Å². The summed E-state index contributed by atoms with van der Waals surface area (Å²) in [4.78, 5) is 21.2. The molecule has 0 amide bonds. The van der Waals surface area contributed by atoms with Crippen molar-refractivity contribution in [1.29, 1.82) is 0 Å². The minimum absolute atomic E-state index is 0.0348. The van der Waals surface area contributed by atoms with Crippen LogP contribution in [0.4, 0.5) is 24.5 Å². The van der Waals surface area contributed by atoms with Crippen LogP contribution < -0.4 is 10.2 Å². The molecule has 130 valence electrons.